The summed E-state index contributed by atoms with van der Waals surface area (Å²) in [6, 6.07) is 5.11. The van der Waals surface area contributed by atoms with Gasteiger partial charge >= 0.3 is 0 Å². The van der Waals surface area contributed by atoms with E-state index in [-0.39, 0.29) is 11.4 Å². The molecule has 1 rings (SSSR count). The summed E-state index contributed by atoms with van der Waals surface area (Å²) in [7, 11) is 0. The number of hydrazine groups is 1. The van der Waals surface area contributed by atoms with Crippen LogP contribution in [0, 0.1) is 0 Å². The maximum Gasteiger partial charge on any atom is 0.288 e. The Morgan fingerprint density at radius 3 is 2.53 bits per heavy atom. The van der Waals surface area contributed by atoms with E-state index in [1.165, 1.54) is 0 Å². The molecule has 17 heavy (non-hydrogen) atoms. The zero-order valence-corrected chi connectivity index (χ0v) is 10.9. The number of rotatable bonds is 1. The molecule has 0 saturated heterocycles. The monoisotopic (exact) mass is 252 g/mol. The number of carbonyl (C=O) groups excluding carboxylic acids is 1. The van der Waals surface area contributed by atoms with E-state index in [2.05, 4.69) is 21.2 Å². The Labute approximate surface area is 106 Å². The lowest BCUT2D eigenvalue weighted by atomic mass is 10.1. The van der Waals surface area contributed by atoms with Crippen LogP contribution in [0.25, 0.3) is 0 Å². The third-order valence-electron chi connectivity index (χ3n) is 1.68. The topological polar surface area (TPSA) is 66.0 Å². The summed E-state index contributed by atoms with van der Waals surface area (Å²) in [6.07, 6.45) is 1.56. The lowest BCUT2D eigenvalue weighted by Crippen LogP contribution is -2.52. The number of pyridine rings is 1. The van der Waals surface area contributed by atoms with E-state index in [0.29, 0.717) is 10.8 Å². The van der Waals surface area contributed by atoms with E-state index in [4.69, 9.17) is 12.2 Å². The van der Waals surface area contributed by atoms with Gasteiger partial charge in [0.1, 0.15) is 5.69 Å². The Balaban J connectivity index is 2.42. The lowest BCUT2D eigenvalue weighted by molar-refractivity contribution is 0.0938. The van der Waals surface area contributed by atoms with Crippen LogP contribution in [-0.4, -0.2) is 21.5 Å². The first-order valence-corrected chi connectivity index (χ1v) is 5.59. The minimum atomic E-state index is -0.330. The number of carbonyl (C=O) groups is 1. The number of hydrogen-bond donors (Lipinski definition) is 3. The maximum atomic E-state index is 11.6. The van der Waals surface area contributed by atoms with Gasteiger partial charge in [-0.2, -0.15) is 0 Å². The summed E-state index contributed by atoms with van der Waals surface area (Å²) in [5, 5.41) is 3.37. The predicted molar refractivity (Wildman–Crippen MR) is 70.3 cm³/mol. The smallest absolute Gasteiger partial charge is 0.288 e. The summed E-state index contributed by atoms with van der Waals surface area (Å²) in [5.74, 6) is -0.330. The Morgan fingerprint density at radius 2 is 2.00 bits per heavy atom. The van der Waals surface area contributed by atoms with Crippen molar-refractivity contribution in [2.45, 2.75) is 26.3 Å². The predicted octanol–water partition coefficient (Wildman–Crippen LogP) is 0.989. The molecule has 0 aliphatic carbocycles. The fourth-order valence-corrected chi connectivity index (χ4v) is 1.40. The zero-order chi connectivity index (χ0) is 12.9. The van der Waals surface area contributed by atoms with E-state index in [1.54, 1.807) is 24.4 Å². The molecule has 0 radical (unpaired) electrons. The molecule has 1 heterocycles. The van der Waals surface area contributed by atoms with Crippen LogP contribution in [0.1, 0.15) is 31.3 Å². The van der Waals surface area contributed by atoms with Crippen molar-refractivity contribution in [3.63, 3.8) is 0 Å². The van der Waals surface area contributed by atoms with Crippen molar-refractivity contribution in [1.29, 1.82) is 0 Å². The van der Waals surface area contributed by atoms with Crippen molar-refractivity contribution < 1.29 is 4.79 Å². The van der Waals surface area contributed by atoms with Crippen molar-refractivity contribution in [1.82, 2.24) is 21.2 Å². The summed E-state index contributed by atoms with van der Waals surface area (Å²) < 4.78 is 0. The fourth-order valence-electron chi connectivity index (χ4n) is 1.05. The number of amides is 1. The van der Waals surface area contributed by atoms with Crippen molar-refractivity contribution in [3.8, 4) is 0 Å². The standard InChI is InChI=1S/C11H16N4OS/c1-11(2,3)13-10(17)15-14-9(16)8-6-4-5-7-12-8/h4-7H,1-3H3,(H,14,16)(H2,13,15,17). The van der Waals surface area contributed by atoms with Crippen LogP contribution < -0.4 is 16.2 Å². The van der Waals surface area contributed by atoms with E-state index >= 15 is 0 Å². The maximum absolute atomic E-state index is 11.6. The van der Waals surface area contributed by atoms with Gasteiger partial charge in [0.2, 0.25) is 0 Å². The van der Waals surface area contributed by atoms with Crippen molar-refractivity contribution >= 4 is 23.2 Å². The molecule has 1 amide bonds. The molecule has 3 N–H and O–H groups in total. The molecule has 0 atom stereocenters. The molecule has 0 aliphatic heterocycles. The van der Waals surface area contributed by atoms with Crippen LogP contribution in [-0.2, 0) is 0 Å². The van der Waals surface area contributed by atoms with Gasteiger partial charge in [-0.3, -0.25) is 20.6 Å². The SMILES string of the molecule is CC(C)(C)NC(=S)NNC(=O)c1ccccn1. The molecule has 1 aromatic heterocycles. The van der Waals surface area contributed by atoms with E-state index in [9.17, 15) is 4.79 Å². The summed E-state index contributed by atoms with van der Waals surface area (Å²) >= 11 is 5.01. The first-order chi connectivity index (χ1) is 7.88. The van der Waals surface area contributed by atoms with Gasteiger partial charge < -0.3 is 5.32 Å². The highest BCUT2D eigenvalue weighted by Crippen LogP contribution is 1.97. The molecule has 0 aromatic carbocycles. The van der Waals surface area contributed by atoms with Gasteiger partial charge in [0.05, 0.1) is 0 Å². The summed E-state index contributed by atoms with van der Waals surface area (Å²) in [6.45, 7) is 5.92. The minimum absolute atomic E-state index is 0.153. The van der Waals surface area contributed by atoms with Crippen LogP contribution in [0.2, 0.25) is 0 Å². The first-order valence-electron chi connectivity index (χ1n) is 5.18. The lowest BCUT2D eigenvalue weighted by Gasteiger charge is -2.22. The quantitative estimate of drug-likeness (QED) is 0.514. The Kier molecular flexibility index (Phi) is 4.39. The molecule has 1 aromatic rings. The van der Waals surface area contributed by atoms with Gasteiger partial charge in [0.15, 0.2) is 5.11 Å². The molecule has 0 aliphatic rings. The molecule has 6 heteroatoms. The third kappa shape index (κ3) is 5.26. The molecule has 0 unspecified atom stereocenters. The van der Waals surface area contributed by atoms with Crippen LogP contribution in [0.5, 0.6) is 0 Å². The van der Waals surface area contributed by atoms with Crippen molar-refractivity contribution in [2.24, 2.45) is 0 Å². The molecule has 0 spiro atoms. The molecule has 0 fully saturated rings. The zero-order valence-electron chi connectivity index (χ0n) is 10.1. The summed E-state index contributed by atoms with van der Waals surface area (Å²) in [4.78, 5) is 15.5. The molecule has 0 bridgehead atoms. The fraction of sp³-hybridized carbons (Fsp3) is 0.364. The van der Waals surface area contributed by atoms with E-state index in [1.807, 2.05) is 20.8 Å². The van der Waals surface area contributed by atoms with Gasteiger partial charge in [-0.25, -0.2) is 0 Å². The molecule has 5 nitrogen and oxygen atoms in total. The Morgan fingerprint density at radius 1 is 1.29 bits per heavy atom. The molecule has 92 valence electrons. The minimum Gasteiger partial charge on any atom is -0.357 e. The highest BCUT2D eigenvalue weighted by molar-refractivity contribution is 7.80. The normalized spacial score (nSPS) is 10.5. The van der Waals surface area contributed by atoms with Crippen molar-refractivity contribution in [3.05, 3.63) is 30.1 Å². The van der Waals surface area contributed by atoms with Crippen LogP contribution >= 0.6 is 12.2 Å². The van der Waals surface area contributed by atoms with Gasteiger partial charge in [0.25, 0.3) is 5.91 Å². The molecular formula is C11H16N4OS. The Hall–Kier alpha value is -1.69. The van der Waals surface area contributed by atoms with Gasteiger partial charge in [0, 0.05) is 11.7 Å². The van der Waals surface area contributed by atoms with Crippen LogP contribution in [0.3, 0.4) is 0 Å². The van der Waals surface area contributed by atoms with Crippen LogP contribution in [0.4, 0.5) is 0 Å². The second kappa shape index (κ2) is 5.58. The number of nitrogens with zero attached hydrogens (tertiary/aromatic N) is 1. The first kappa shape index (κ1) is 13.4. The number of nitrogens with one attached hydrogen (secondary N) is 3. The number of thiocarbonyl (C=S) groups is 1. The molecular weight excluding hydrogens is 236 g/mol. The van der Waals surface area contributed by atoms with Crippen molar-refractivity contribution in [2.75, 3.05) is 0 Å². The van der Waals surface area contributed by atoms with E-state index < -0.39 is 0 Å². The average Bonchev–Trinajstić information content (AvgIpc) is 2.25. The van der Waals surface area contributed by atoms with Crippen LogP contribution in [0.15, 0.2) is 24.4 Å². The van der Waals surface area contributed by atoms with Gasteiger partial charge in [-0.05, 0) is 45.1 Å². The highest BCUT2D eigenvalue weighted by atomic mass is 32.1. The van der Waals surface area contributed by atoms with Gasteiger partial charge in [-0.15, -0.1) is 0 Å². The second-order valence-corrected chi connectivity index (χ2v) is 4.91. The molecule has 0 saturated carbocycles. The number of aromatic nitrogens is 1. The van der Waals surface area contributed by atoms with E-state index in [0.717, 1.165) is 0 Å². The summed E-state index contributed by atoms with van der Waals surface area (Å²) in [5.41, 5.74) is 5.26. The highest BCUT2D eigenvalue weighted by Gasteiger charge is 2.11. The van der Waals surface area contributed by atoms with Gasteiger partial charge in [-0.1, -0.05) is 6.07 Å². The largest absolute Gasteiger partial charge is 0.357 e. The Bertz CT molecular complexity index is 400. The number of hydrogen-bond acceptors (Lipinski definition) is 3. The third-order valence-corrected chi connectivity index (χ3v) is 1.88. The second-order valence-electron chi connectivity index (χ2n) is 4.50. The average molecular weight is 252 g/mol.